The number of benzene rings is 3. The van der Waals surface area contributed by atoms with Crippen LogP contribution in [0.15, 0.2) is 78.9 Å². The summed E-state index contributed by atoms with van der Waals surface area (Å²) in [7, 11) is -4.64. The van der Waals surface area contributed by atoms with Crippen molar-refractivity contribution in [2.75, 3.05) is 0 Å². The summed E-state index contributed by atoms with van der Waals surface area (Å²) in [5.74, 6) is 0. The van der Waals surface area contributed by atoms with E-state index in [4.69, 9.17) is 19.2 Å². The van der Waals surface area contributed by atoms with Crippen LogP contribution in [0.1, 0.15) is 11.1 Å². The van der Waals surface area contributed by atoms with Crippen LogP contribution in [0.3, 0.4) is 0 Å². The van der Waals surface area contributed by atoms with E-state index in [9.17, 15) is 0 Å². The first kappa shape index (κ1) is 21.3. The molecule has 0 saturated carbocycles. The van der Waals surface area contributed by atoms with Gasteiger partial charge in [-0.1, -0.05) is 59.7 Å². The second-order valence-corrected chi connectivity index (χ2v) is 8.88. The zero-order chi connectivity index (χ0) is 21.0. The summed E-state index contributed by atoms with van der Waals surface area (Å²) in [6, 6.07) is 28.6. The van der Waals surface area contributed by atoms with Gasteiger partial charge < -0.3 is 14.7 Å². The van der Waals surface area contributed by atoms with Crippen LogP contribution < -0.4 is 0 Å². The Balaban J connectivity index is 0.000000431. The van der Waals surface area contributed by atoms with E-state index in [0.29, 0.717) is 0 Å². The molecule has 148 valence electrons. The molecule has 0 fully saturated rings. The molecule has 0 unspecified atom stereocenters. The number of aryl methyl sites for hydroxylation is 2. The second-order valence-electron chi connectivity index (χ2n) is 6.77. The lowest BCUT2D eigenvalue weighted by molar-refractivity contribution is 0.275. The van der Waals surface area contributed by atoms with Gasteiger partial charge in [-0.15, -0.1) is 0 Å². The Bertz CT molecular complexity index is 1160. The first-order valence-electron chi connectivity index (χ1n) is 8.99. The summed E-state index contributed by atoms with van der Waals surface area (Å²) in [6.07, 6.45) is 0. The van der Waals surface area contributed by atoms with Gasteiger partial charge >= 0.3 is 7.82 Å². The van der Waals surface area contributed by atoms with Crippen molar-refractivity contribution in [3.63, 3.8) is 0 Å². The molecule has 4 aromatic rings. The fraction of sp³-hybridized carbons (Fsp3) is 0.0870. The van der Waals surface area contributed by atoms with Crippen molar-refractivity contribution in [2.24, 2.45) is 0 Å². The highest BCUT2D eigenvalue weighted by Crippen LogP contribution is 2.38. The monoisotopic (exact) mass is 425 g/mol. The van der Waals surface area contributed by atoms with Gasteiger partial charge in [0.1, 0.15) is 0 Å². The Morgan fingerprint density at radius 2 is 1.31 bits per heavy atom. The van der Waals surface area contributed by atoms with Gasteiger partial charge in [-0.05, 0) is 37.6 Å². The van der Waals surface area contributed by atoms with Crippen molar-refractivity contribution in [3.8, 4) is 21.6 Å². The standard InChI is InChI=1S/C23H19S.H3O4P/c1-16-8-11-18(12-9-16)20-15-23(19-6-4-3-5-7-19)24-22-13-10-17(2)14-21(20)22;1-5(2,3)4/h3-15H,1-2H3;(H3,1,2,3,4)/q+1;. The zero-order valence-electron chi connectivity index (χ0n) is 16.1. The quantitative estimate of drug-likeness (QED) is 0.264. The number of hydrogen-bond acceptors (Lipinski definition) is 1. The van der Waals surface area contributed by atoms with Gasteiger partial charge in [-0.25, -0.2) is 4.57 Å². The maximum absolute atomic E-state index is 8.88. The molecule has 3 aromatic carbocycles. The molecule has 4 nitrogen and oxygen atoms in total. The molecule has 29 heavy (non-hydrogen) atoms. The van der Waals surface area contributed by atoms with E-state index in [2.05, 4.69) is 92.7 Å². The molecule has 0 aliphatic rings. The predicted octanol–water partition coefficient (Wildman–Crippen LogP) is 6.20. The van der Waals surface area contributed by atoms with E-state index in [-0.39, 0.29) is 0 Å². The van der Waals surface area contributed by atoms with Crippen LogP contribution in [-0.4, -0.2) is 14.7 Å². The molecule has 3 N–H and O–H groups in total. The lowest BCUT2D eigenvalue weighted by Crippen LogP contribution is -1.85. The van der Waals surface area contributed by atoms with Gasteiger partial charge in [0.25, 0.3) is 0 Å². The van der Waals surface area contributed by atoms with Crippen molar-refractivity contribution in [1.82, 2.24) is 0 Å². The number of hydrogen-bond donors (Lipinski definition) is 3. The van der Waals surface area contributed by atoms with Crippen molar-refractivity contribution in [3.05, 3.63) is 90.0 Å². The number of rotatable bonds is 2. The minimum Gasteiger partial charge on any atom is -0.303 e. The fourth-order valence-corrected chi connectivity index (χ4v) is 4.10. The summed E-state index contributed by atoms with van der Waals surface area (Å²) in [6.45, 7) is 4.29. The average molecular weight is 425 g/mol. The fourth-order valence-electron chi connectivity index (χ4n) is 3.02. The molecule has 0 aliphatic heterocycles. The highest BCUT2D eigenvalue weighted by atomic mass is 32.1. The van der Waals surface area contributed by atoms with Gasteiger partial charge in [0.05, 0.1) is 0 Å². The lowest BCUT2D eigenvalue weighted by atomic mass is 9.99. The predicted molar refractivity (Wildman–Crippen MR) is 121 cm³/mol. The third-order valence-corrected chi connectivity index (χ3v) is 5.49. The van der Waals surface area contributed by atoms with E-state index in [1.807, 2.05) is 11.3 Å². The van der Waals surface area contributed by atoms with Gasteiger partial charge in [0, 0.05) is 28.6 Å². The molecule has 0 radical (unpaired) electrons. The lowest BCUT2D eigenvalue weighted by Gasteiger charge is -2.06. The van der Waals surface area contributed by atoms with E-state index >= 15 is 0 Å². The van der Waals surface area contributed by atoms with E-state index in [1.54, 1.807) is 0 Å². The number of phosphoric acid groups is 1. The van der Waals surface area contributed by atoms with Crippen LogP contribution in [0.25, 0.3) is 31.7 Å². The molecular weight excluding hydrogens is 403 g/mol. The minimum atomic E-state index is -4.64. The van der Waals surface area contributed by atoms with Crippen LogP contribution in [-0.2, 0) is 4.57 Å². The van der Waals surface area contributed by atoms with Gasteiger partial charge in [0.2, 0.25) is 20.9 Å². The third kappa shape index (κ3) is 6.04. The van der Waals surface area contributed by atoms with E-state index in [0.717, 1.165) is 0 Å². The highest BCUT2D eigenvalue weighted by molar-refractivity contribution is 7.45. The molecule has 0 atom stereocenters. The molecule has 1 aromatic heterocycles. The summed E-state index contributed by atoms with van der Waals surface area (Å²) in [5, 5.41) is 1.34. The first-order valence-corrected chi connectivity index (χ1v) is 11.4. The zero-order valence-corrected chi connectivity index (χ0v) is 17.8. The van der Waals surface area contributed by atoms with Crippen LogP contribution in [0.5, 0.6) is 0 Å². The normalized spacial score (nSPS) is 11.1. The maximum atomic E-state index is 8.88. The van der Waals surface area contributed by atoms with Gasteiger partial charge in [-0.3, -0.25) is 0 Å². The van der Waals surface area contributed by atoms with E-state index in [1.165, 1.54) is 42.8 Å². The second kappa shape index (κ2) is 8.95. The van der Waals surface area contributed by atoms with Crippen molar-refractivity contribution in [1.29, 1.82) is 0 Å². The summed E-state index contributed by atoms with van der Waals surface area (Å²) >= 11 is 1.86. The minimum absolute atomic E-state index is 1.28. The first-order chi connectivity index (χ1) is 13.7. The third-order valence-electron chi connectivity index (χ3n) is 4.34. The molecule has 0 saturated heterocycles. The van der Waals surface area contributed by atoms with E-state index < -0.39 is 7.82 Å². The molecule has 6 heteroatoms. The van der Waals surface area contributed by atoms with Crippen LogP contribution in [0.4, 0.5) is 0 Å². The molecule has 4 rings (SSSR count). The smallest absolute Gasteiger partial charge is 0.303 e. The van der Waals surface area contributed by atoms with Crippen molar-refractivity contribution >= 4 is 29.2 Å². The Morgan fingerprint density at radius 3 is 1.93 bits per heavy atom. The van der Waals surface area contributed by atoms with Crippen molar-refractivity contribution < 1.29 is 19.2 Å². The van der Waals surface area contributed by atoms with Gasteiger partial charge in [-0.2, -0.15) is 0 Å². The SMILES string of the molecule is Cc1ccc(-c2cc(-c3ccccc3)[s+]c3ccc(C)cc23)cc1.O=P(O)(O)O. The van der Waals surface area contributed by atoms with Gasteiger partial charge in [0.15, 0.2) is 0 Å². The Labute approximate surface area is 174 Å². The van der Waals surface area contributed by atoms with Crippen LogP contribution in [0.2, 0.25) is 0 Å². The molecule has 0 bridgehead atoms. The highest BCUT2D eigenvalue weighted by Gasteiger charge is 2.18. The largest absolute Gasteiger partial charge is 0.466 e. The Kier molecular flexibility index (Phi) is 6.58. The average Bonchev–Trinajstić information content (AvgIpc) is 2.67. The Hall–Kier alpha value is -2.40. The number of fused-ring (bicyclic) bond motifs is 1. The maximum Gasteiger partial charge on any atom is 0.466 e. The molecule has 1 heterocycles. The topological polar surface area (TPSA) is 77.8 Å². The molecule has 0 spiro atoms. The van der Waals surface area contributed by atoms with Crippen LogP contribution >= 0.6 is 19.2 Å². The molecule has 0 aliphatic carbocycles. The molecular formula is C23H22O4PS+. The Morgan fingerprint density at radius 1 is 0.724 bits per heavy atom. The summed E-state index contributed by atoms with van der Waals surface area (Å²) in [5.41, 5.74) is 6.46. The summed E-state index contributed by atoms with van der Waals surface area (Å²) in [4.78, 5) is 22.9. The summed E-state index contributed by atoms with van der Waals surface area (Å²) < 4.78 is 10.2. The van der Waals surface area contributed by atoms with Crippen LogP contribution in [0, 0.1) is 13.8 Å². The molecule has 0 amide bonds. The van der Waals surface area contributed by atoms with Crippen molar-refractivity contribution in [2.45, 2.75) is 13.8 Å².